The molecule has 0 radical (unpaired) electrons. The highest BCUT2D eigenvalue weighted by Gasteiger charge is 2.38. The minimum Gasteiger partial charge on any atom is -0.497 e. The van der Waals surface area contributed by atoms with Gasteiger partial charge in [0.05, 0.1) is 14.2 Å². The third kappa shape index (κ3) is 5.00. The quantitative estimate of drug-likeness (QED) is 0.613. The van der Waals surface area contributed by atoms with Gasteiger partial charge in [0.2, 0.25) is 0 Å². The molecular weight excluding hydrogens is 434 g/mol. The van der Waals surface area contributed by atoms with E-state index in [-0.39, 0.29) is 11.9 Å². The Morgan fingerprint density at radius 3 is 2.09 bits per heavy atom. The van der Waals surface area contributed by atoms with Gasteiger partial charge < -0.3 is 24.2 Å². The van der Waals surface area contributed by atoms with Crippen LogP contribution in [0.4, 0.5) is 0 Å². The number of aryl methyl sites for hydroxylation is 1. The number of carbonyl (C=O) groups is 3. The first-order valence-corrected chi connectivity index (χ1v) is 11.6. The Bertz CT molecular complexity index is 1040. The van der Waals surface area contributed by atoms with E-state index in [0.29, 0.717) is 62.6 Å². The molecule has 8 nitrogen and oxygen atoms in total. The normalized spacial score (nSPS) is 17.2. The number of ether oxygens (including phenoxy) is 2. The lowest BCUT2D eigenvalue weighted by atomic mass is 10.0. The molecule has 0 atom stereocenters. The van der Waals surface area contributed by atoms with Crippen molar-refractivity contribution in [2.45, 2.75) is 32.4 Å². The number of hydrogen-bond donors (Lipinski definition) is 0. The molecule has 2 saturated heterocycles. The van der Waals surface area contributed by atoms with E-state index in [1.807, 2.05) is 31.2 Å². The van der Waals surface area contributed by atoms with Crippen molar-refractivity contribution in [2.75, 3.05) is 40.4 Å². The Kier molecular flexibility index (Phi) is 7.05. The van der Waals surface area contributed by atoms with Crippen molar-refractivity contribution in [3.63, 3.8) is 0 Å². The first-order valence-electron chi connectivity index (χ1n) is 11.6. The summed E-state index contributed by atoms with van der Waals surface area (Å²) in [5.74, 6) is 0.130. The summed E-state index contributed by atoms with van der Waals surface area (Å²) in [6.07, 6.45) is 1.29. The fourth-order valence-corrected chi connectivity index (χ4v) is 4.60. The van der Waals surface area contributed by atoms with E-state index in [4.69, 9.17) is 9.47 Å². The van der Waals surface area contributed by atoms with Crippen LogP contribution in [-0.2, 0) is 16.1 Å². The number of carbonyl (C=O) groups excluding carboxylic acids is 3. The van der Waals surface area contributed by atoms with Gasteiger partial charge in [-0.15, -0.1) is 0 Å². The number of nitrogens with zero attached hydrogens (tertiary/aromatic N) is 3. The lowest BCUT2D eigenvalue weighted by Gasteiger charge is -2.42. The summed E-state index contributed by atoms with van der Waals surface area (Å²) in [5.41, 5.74) is 2.68. The zero-order chi connectivity index (χ0) is 24.2. The molecule has 0 aromatic heterocycles. The van der Waals surface area contributed by atoms with Gasteiger partial charge in [-0.1, -0.05) is 29.8 Å². The number of likely N-dealkylation sites (tertiary alicyclic amines) is 1. The number of amides is 3. The number of benzene rings is 2. The maximum Gasteiger partial charge on any atom is 0.312 e. The second-order valence-corrected chi connectivity index (χ2v) is 8.84. The fraction of sp³-hybridized carbons (Fsp3) is 0.423. The number of rotatable bonds is 6. The molecular formula is C26H31N3O5. The molecule has 2 fully saturated rings. The predicted octanol–water partition coefficient (Wildman–Crippen LogP) is 2.49. The zero-order valence-corrected chi connectivity index (χ0v) is 20.0. The second kappa shape index (κ2) is 10.2. The van der Waals surface area contributed by atoms with E-state index in [2.05, 4.69) is 0 Å². The van der Waals surface area contributed by atoms with Crippen LogP contribution in [0.25, 0.3) is 0 Å². The highest BCUT2D eigenvalue weighted by Crippen LogP contribution is 2.26. The summed E-state index contributed by atoms with van der Waals surface area (Å²) in [6.45, 7) is 4.53. The van der Waals surface area contributed by atoms with Gasteiger partial charge >= 0.3 is 11.8 Å². The van der Waals surface area contributed by atoms with Gasteiger partial charge in [-0.05, 0) is 37.5 Å². The number of piperazine rings is 1. The number of methoxy groups -OCH3 is 2. The molecule has 0 bridgehead atoms. The Labute approximate surface area is 200 Å². The van der Waals surface area contributed by atoms with Gasteiger partial charge in [0.1, 0.15) is 11.5 Å². The zero-order valence-electron chi connectivity index (χ0n) is 20.0. The minimum atomic E-state index is -0.450. The SMILES string of the molecule is COc1cc(OC)cc(C(=O)N2CCC(N3CCN(Cc4ccc(C)cc4)C(=O)C3=O)CC2)c1. The van der Waals surface area contributed by atoms with Crippen LogP contribution in [0, 0.1) is 6.92 Å². The molecule has 0 spiro atoms. The molecule has 8 heteroatoms. The van der Waals surface area contributed by atoms with Crippen LogP contribution < -0.4 is 9.47 Å². The van der Waals surface area contributed by atoms with Gasteiger partial charge in [-0.3, -0.25) is 14.4 Å². The summed E-state index contributed by atoms with van der Waals surface area (Å²) in [5, 5.41) is 0. The Balaban J connectivity index is 1.34. The monoisotopic (exact) mass is 465 g/mol. The van der Waals surface area contributed by atoms with Crippen LogP contribution in [-0.4, -0.2) is 78.9 Å². The van der Waals surface area contributed by atoms with Crippen LogP contribution in [0.5, 0.6) is 11.5 Å². The fourth-order valence-electron chi connectivity index (χ4n) is 4.60. The van der Waals surface area contributed by atoms with Gasteiger partial charge in [-0.2, -0.15) is 0 Å². The average Bonchev–Trinajstić information content (AvgIpc) is 2.87. The summed E-state index contributed by atoms with van der Waals surface area (Å²) in [6, 6.07) is 13.1. The lowest BCUT2D eigenvalue weighted by Crippen LogP contribution is -2.59. The molecule has 3 amide bonds. The summed E-state index contributed by atoms with van der Waals surface area (Å²) in [4.78, 5) is 43.8. The van der Waals surface area contributed by atoms with Crippen LogP contribution in [0.3, 0.4) is 0 Å². The predicted molar refractivity (Wildman–Crippen MR) is 127 cm³/mol. The van der Waals surface area contributed by atoms with Crippen molar-refractivity contribution in [1.82, 2.24) is 14.7 Å². The van der Waals surface area contributed by atoms with E-state index in [1.165, 1.54) is 0 Å². The highest BCUT2D eigenvalue weighted by atomic mass is 16.5. The van der Waals surface area contributed by atoms with E-state index in [9.17, 15) is 14.4 Å². The molecule has 0 unspecified atom stereocenters. The van der Waals surface area contributed by atoms with Crippen molar-refractivity contribution in [3.05, 3.63) is 59.2 Å². The number of hydrogen-bond acceptors (Lipinski definition) is 5. The maximum absolute atomic E-state index is 13.0. The molecule has 34 heavy (non-hydrogen) atoms. The van der Waals surface area contributed by atoms with Crippen molar-refractivity contribution in [1.29, 1.82) is 0 Å². The molecule has 2 heterocycles. The molecule has 2 aliphatic heterocycles. The van der Waals surface area contributed by atoms with E-state index in [0.717, 1.165) is 11.1 Å². The maximum atomic E-state index is 13.0. The van der Waals surface area contributed by atoms with Crippen molar-refractivity contribution in [2.24, 2.45) is 0 Å². The Morgan fingerprint density at radius 1 is 0.882 bits per heavy atom. The Morgan fingerprint density at radius 2 is 1.50 bits per heavy atom. The molecule has 4 rings (SSSR count). The van der Waals surface area contributed by atoms with Gasteiger partial charge in [-0.25, -0.2) is 0 Å². The van der Waals surface area contributed by atoms with E-state index >= 15 is 0 Å². The van der Waals surface area contributed by atoms with E-state index < -0.39 is 11.8 Å². The van der Waals surface area contributed by atoms with Crippen LogP contribution in [0.15, 0.2) is 42.5 Å². The molecule has 2 aromatic carbocycles. The standard InChI is InChI=1S/C26H31N3O5/c1-18-4-6-19(7-5-18)17-28-12-13-29(26(32)25(28)31)21-8-10-27(11-9-21)24(30)20-14-22(33-2)16-23(15-20)34-3/h4-7,14-16,21H,8-13,17H2,1-3H3. The Hall–Kier alpha value is -3.55. The smallest absolute Gasteiger partial charge is 0.312 e. The van der Waals surface area contributed by atoms with Crippen molar-refractivity contribution >= 4 is 17.7 Å². The van der Waals surface area contributed by atoms with Crippen LogP contribution in [0.1, 0.15) is 34.3 Å². The molecule has 0 saturated carbocycles. The summed E-state index contributed by atoms with van der Waals surface area (Å²) >= 11 is 0. The van der Waals surface area contributed by atoms with Crippen molar-refractivity contribution in [3.8, 4) is 11.5 Å². The summed E-state index contributed by atoms with van der Waals surface area (Å²) < 4.78 is 10.5. The highest BCUT2D eigenvalue weighted by molar-refractivity contribution is 6.35. The third-order valence-corrected chi connectivity index (χ3v) is 6.63. The first-order chi connectivity index (χ1) is 16.4. The van der Waals surface area contributed by atoms with Gasteiger partial charge in [0, 0.05) is 50.4 Å². The molecule has 2 aromatic rings. The molecule has 180 valence electrons. The second-order valence-electron chi connectivity index (χ2n) is 8.84. The van der Waals surface area contributed by atoms with Gasteiger partial charge in [0.25, 0.3) is 5.91 Å². The molecule has 0 N–H and O–H groups in total. The molecule has 0 aliphatic carbocycles. The van der Waals surface area contributed by atoms with Crippen LogP contribution >= 0.6 is 0 Å². The number of piperidine rings is 1. The first kappa shape index (κ1) is 23.6. The van der Waals surface area contributed by atoms with Gasteiger partial charge in [0.15, 0.2) is 0 Å². The van der Waals surface area contributed by atoms with Crippen LogP contribution in [0.2, 0.25) is 0 Å². The minimum absolute atomic E-state index is 0.0399. The largest absolute Gasteiger partial charge is 0.497 e. The average molecular weight is 466 g/mol. The van der Waals surface area contributed by atoms with E-state index in [1.54, 1.807) is 47.1 Å². The van der Waals surface area contributed by atoms with Crippen molar-refractivity contribution < 1.29 is 23.9 Å². The lowest BCUT2D eigenvalue weighted by molar-refractivity contribution is -0.158. The summed E-state index contributed by atoms with van der Waals surface area (Å²) in [7, 11) is 3.10. The third-order valence-electron chi connectivity index (χ3n) is 6.63. The topological polar surface area (TPSA) is 79.4 Å². The molecule has 2 aliphatic rings.